The van der Waals surface area contributed by atoms with Gasteiger partial charge in [0.05, 0.1) is 7.11 Å². The van der Waals surface area contributed by atoms with Crippen molar-refractivity contribution in [3.63, 3.8) is 0 Å². The maximum atomic E-state index is 14.1. The van der Waals surface area contributed by atoms with E-state index in [-0.39, 0.29) is 12.5 Å². The van der Waals surface area contributed by atoms with Crippen molar-refractivity contribution in [1.29, 1.82) is 0 Å². The summed E-state index contributed by atoms with van der Waals surface area (Å²) in [5, 5.41) is 5.68. The van der Waals surface area contributed by atoms with Gasteiger partial charge in [-0.25, -0.2) is 4.79 Å². The molecule has 2 aromatic rings. The number of hydrogen-bond donors (Lipinski definition) is 2. The third-order valence-electron chi connectivity index (χ3n) is 5.86. The molecule has 212 valence electrons. The Labute approximate surface area is 236 Å². The lowest BCUT2D eigenvalue weighted by Gasteiger charge is -2.34. The second-order valence-electron chi connectivity index (χ2n) is 10.2. The summed E-state index contributed by atoms with van der Waals surface area (Å²) in [7, 11) is 1.57. The first-order chi connectivity index (χ1) is 18.4. The van der Waals surface area contributed by atoms with Crippen molar-refractivity contribution in [1.82, 2.24) is 10.2 Å². The number of rotatable bonds is 12. The largest absolute Gasteiger partial charge is 0.497 e. The van der Waals surface area contributed by atoms with Crippen LogP contribution in [0.3, 0.4) is 0 Å². The number of anilines is 1. The van der Waals surface area contributed by atoms with Crippen molar-refractivity contribution in [2.24, 2.45) is 0 Å². The molecule has 0 saturated carbocycles. The quantitative estimate of drug-likeness (QED) is 0.329. The summed E-state index contributed by atoms with van der Waals surface area (Å²) in [6.07, 6.45) is 3.19. The van der Waals surface area contributed by atoms with Crippen LogP contribution in [0, 0.1) is 13.8 Å². The Kier molecular flexibility index (Phi) is 11.9. The molecule has 0 saturated heterocycles. The molecule has 2 N–H and O–H groups in total. The van der Waals surface area contributed by atoms with E-state index in [4.69, 9.17) is 9.47 Å². The molecule has 0 heterocycles. The van der Waals surface area contributed by atoms with Crippen molar-refractivity contribution in [2.45, 2.75) is 58.7 Å². The molecule has 0 aliphatic carbocycles. The van der Waals surface area contributed by atoms with Crippen LogP contribution in [0.5, 0.6) is 5.75 Å². The normalized spacial score (nSPS) is 12.6. The van der Waals surface area contributed by atoms with Crippen molar-refractivity contribution in [2.75, 3.05) is 31.0 Å². The lowest BCUT2D eigenvalue weighted by Crippen LogP contribution is -2.52. The average Bonchev–Trinajstić information content (AvgIpc) is 2.87. The molecule has 0 aliphatic rings. The molecule has 2 unspecified atom stereocenters. The van der Waals surface area contributed by atoms with Gasteiger partial charge >= 0.3 is 6.09 Å². The fourth-order valence-electron chi connectivity index (χ4n) is 3.99. The molecule has 9 heteroatoms. The smallest absolute Gasteiger partial charge is 0.408 e. The van der Waals surface area contributed by atoms with Crippen LogP contribution in [0.1, 0.15) is 49.9 Å². The number of aryl methyl sites for hydroxylation is 2. The van der Waals surface area contributed by atoms with Gasteiger partial charge in [0.1, 0.15) is 23.4 Å². The predicted octanol–water partition coefficient (Wildman–Crippen LogP) is 5.65. The molecule has 0 aromatic heterocycles. The van der Waals surface area contributed by atoms with Crippen molar-refractivity contribution >= 4 is 35.4 Å². The van der Waals surface area contributed by atoms with Crippen LogP contribution in [0.4, 0.5) is 10.5 Å². The number of carbonyl (C=O) groups excluding carboxylic acids is 3. The zero-order valence-corrected chi connectivity index (χ0v) is 24.8. The zero-order chi connectivity index (χ0) is 29.2. The highest BCUT2D eigenvalue weighted by Gasteiger charge is 2.36. The molecule has 2 rings (SSSR count). The van der Waals surface area contributed by atoms with E-state index in [1.54, 1.807) is 70.0 Å². The van der Waals surface area contributed by atoms with Gasteiger partial charge in [-0.3, -0.25) is 9.59 Å². The maximum absolute atomic E-state index is 14.1. The molecule has 39 heavy (non-hydrogen) atoms. The van der Waals surface area contributed by atoms with E-state index in [0.29, 0.717) is 29.2 Å². The van der Waals surface area contributed by atoms with Crippen LogP contribution in [0.25, 0.3) is 0 Å². The van der Waals surface area contributed by atoms with Crippen LogP contribution in [0.2, 0.25) is 0 Å². The molecule has 2 atom stereocenters. The molecule has 0 spiro atoms. The van der Waals surface area contributed by atoms with Crippen molar-refractivity contribution in [3.8, 4) is 5.75 Å². The maximum Gasteiger partial charge on any atom is 0.408 e. The fraction of sp³-hybridized carbons (Fsp3) is 0.433. The highest BCUT2D eigenvalue weighted by Crippen LogP contribution is 2.29. The Morgan fingerprint density at radius 1 is 1.10 bits per heavy atom. The molecule has 8 nitrogen and oxygen atoms in total. The number of amides is 3. The molecule has 2 aromatic carbocycles. The molecular weight excluding hydrogens is 514 g/mol. The summed E-state index contributed by atoms with van der Waals surface area (Å²) in [4.78, 5) is 42.1. The number of methoxy groups -OCH3 is 1. The average molecular weight is 556 g/mol. The summed E-state index contributed by atoms with van der Waals surface area (Å²) in [6.45, 7) is 13.1. The second kappa shape index (κ2) is 14.6. The Hall–Kier alpha value is -3.46. The van der Waals surface area contributed by atoms with Crippen LogP contribution in [0.15, 0.2) is 55.1 Å². The lowest BCUT2D eigenvalue weighted by atomic mass is 9.96. The minimum Gasteiger partial charge on any atom is -0.497 e. The highest BCUT2D eigenvalue weighted by atomic mass is 32.2. The van der Waals surface area contributed by atoms with Gasteiger partial charge in [-0.05, 0) is 88.4 Å². The summed E-state index contributed by atoms with van der Waals surface area (Å²) < 4.78 is 10.6. The van der Waals surface area contributed by atoms with Crippen LogP contribution in [-0.4, -0.2) is 60.1 Å². The molecule has 0 bridgehead atoms. The molecule has 0 radical (unpaired) electrons. The number of alkyl carbamates (subject to hydrolysis) is 1. The van der Waals surface area contributed by atoms with Gasteiger partial charge in [0.2, 0.25) is 5.91 Å². The number of hydrogen-bond acceptors (Lipinski definition) is 6. The fourth-order valence-corrected chi connectivity index (χ4v) is 4.47. The Bertz CT molecular complexity index is 1140. The summed E-state index contributed by atoms with van der Waals surface area (Å²) in [5.74, 6) is 0.503. The van der Waals surface area contributed by atoms with Gasteiger partial charge in [-0.2, -0.15) is 11.8 Å². The first-order valence-electron chi connectivity index (χ1n) is 12.8. The minimum atomic E-state index is -0.977. The van der Waals surface area contributed by atoms with E-state index in [9.17, 15) is 14.4 Å². The number of nitrogens with zero attached hydrogens (tertiary/aromatic N) is 1. The van der Waals surface area contributed by atoms with Crippen molar-refractivity contribution in [3.05, 3.63) is 71.8 Å². The van der Waals surface area contributed by atoms with Crippen LogP contribution >= 0.6 is 11.8 Å². The number of carbonyl (C=O) groups is 3. The van der Waals surface area contributed by atoms with E-state index >= 15 is 0 Å². The SMILES string of the molecule is C=CCN(C(=O)C(CCSC)NC(=O)OC(C)(C)C)C(C(=O)Nc1ccc(OC)cc1)c1cc(C)ccc1C. The van der Waals surface area contributed by atoms with Gasteiger partial charge in [-0.1, -0.05) is 29.8 Å². The van der Waals surface area contributed by atoms with Gasteiger partial charge in [0, 0.05) is 12.2 Å². The third kappa shape index (κ3) is 9.66. The van der Waals surface area contributed by atoms with E-state index in [1.807, 2.05) is 38.3 Å². The third-order valence-corrected chi connectivity index (χ3v) is 6.50. The van der Waals surface area contributed by atoms with Gasteiger partial charge < -0.3 is 25.0 Å². The summed E-state index contributed by atoms with van der Waals surface area (Å²) in [6, 6.07) is 10.9. The highest BCUT2D eigenvalue weighted by molar-refractivity contribution is 7.98. The zero-order valence-electron chi connectivity index (χ0n) is 24.0. The van der Waals surface area contributed by atoms with E-state index in [2.05, 4.69) is 17.2 Å². The first kappa shape index (κ1) is 31.8. The van der Waals surface area contributed by atoms with Crippen molar-refractivity contribution < 1.29 is 23.9 Å². The van der Waals surface area contributed by atoms with Gasteiger partial charge in [0.15, 0.2) is 0 Å². The molecule has 0 aliphatic heterocycles. The van der Waals surface area contributed by atoms with E-state index < -0.39 is 29.7 Å². The summed E-state index contributed by atoms with van der Waals surface area (Å²) >= 11 is 1.56. The van der Waals surface area contributed by atoms with Crippen LogP contribution in [-0.2, 0) is 14.3 Å². The molecule has 0 fully saturated rings. The molecule has 3 amide bonds. The second-order valence-corrected chi connectivity index (χ2v) is 11.2. The topological polar surface area (TPSA) is 97.0 Å². The van der Waals surface area contributed by atoms with Gasteiger partial charge in [0.25, 0.3) is 5.91 Å². The molecular formula is C30H41N3O5S. The Balaban J connectivity index is 2.53. The Morgan fingerprint density at radius 2 is 1.77 bits per heavy atom. The van der Waals surface area contributed by atoms with E-state index in [1.165, 1.54) is 4.90 Å². The Morgan fingerprint density at radius 3 is 2.33 bits per heavy atom. The van der Waals surface area contributed by atoms with E-state index in [0.717, 1.165) is 11.1 Å². The number of ether oxygens (including phenoxy) is 2. The first-order valence-corrected chi connectivity index (χ1v) is 14.2. The number of nitrogens with one attached hydrogen (secondary N) is 2. The van der Waals surface area contributed by atoms with Crippen LogP contribution < -0.4 is 15.4 Å². The predicted molar refractivity (Wildman–Crippen MR) is 158 cm³/mol. The lowest BCUT2D eigenvalue weighted by molar-refractivity contribution is -0.140. The van der Waals surface area contributed by atoms with Gasteiger partial charge in [-0.15, -0.1) is 6.58 Å². The summed E-state index contributed by atoms with van der Waals surface area (Å²) in [5.41, 5.74) is 2.34. The standard InChI is InChI=1S/C30H41N3O5S/c1-9-17-33(28(35)25(16-18-39-8)32-29(36)38-30(4,5)6)26(24-19-20(2)10-11-21(24)3)27(34)31-22-12-14-23(37-7)15-13-22/h9-15,19,25-26H,1,16-18H2,2-8H3,(H,31,34)(H,32,36). The number of thioether (sulfide) groups is 1. The number of benzene rings is 2. The monoisotopic (exact) mass is 555 g/mol. The minimum absolute atomic E-state index is 0.0959.